The molecule has 5 N–H and O–H groups in total. The summed E-state index contributed by atoms with van der Waals surface area (Å²) in [4.78, 5) is 18.4. The number of nitrogens with zero attached hydrogens (tertiary/aromatic N) is 2. The predicted octanol–water partition coefficient (Wildman–Crippen LogP) is 2.96. The van der Waals surface area contributed by atoms with Crippen LogP contribution in [0.2, 0.25) is 0 Å². The van der Waals surface area contributed by atoms with Crippen LogP contribution in [0.15, 0.2) is 59.5 Å². The summed E-state index contributed by atoms with van der Waals surface area (Å²) in [7, 11) is 0. The standard InChI is InChI=1S/C25H27N5O2/c26-21(16-30(27)22-10-3-6-17-5-1-2-7-18(17)22)19-8-4-9-20-23(31)15-24(28-25(19)20)29-11-13-32-14-12-29/h2-4,6-10,15-16H,1,5,11-14,26-27H2,(H,28,31)/b21-16-. The molecule has 0 bridgehead atoms. The van der Waals surface area contributed by atoms with Crippen LogP contribution in [0, 0.1) is 0 Å². The average Bonchev–Trinajstić information content (AvgIpc) is 2.83. The number of anilines is 2. The molecule has 0 saturated carbocycles. The second-order valence-corrected chi connectivity index (χ2v) is 8.13. The molecule has 3 aromatic rings. The van der Waals surface area contributed by atoms with Crippen LogP contribution in [0.4, 0.5) is 11.5 Å². The van der Waals surface area contributed by atoms with Gasteiger partial charge in [0.1, 0.15) is 5.82 Å². The van der Waals surface area contributed by atoms with Crippen LogP contribution in [0.3, 0.4) is 0 Å². The first kappa shape index (κ1) is 20.4. The number of allylic oxidation sites excluding steroid dienone is 1. The van der Waals surface area contributed by atoms with Crippen molar-refractivity contribution in [2.75, 3.05) is 36.2 Å². The normalized spacial score (nSPS) is 16.3. The van der Waals surface area contributed by atoms with Gasteiger partial charge in [-0.05, 0) is 30.5 Å². The Morgan fingerprint density at radius 1 is 1.16 bits per heavy atom. The molecule has 164 valence electrons. The molecule has 1 aromatic heterocycles. The number of hydrazine groups is 1. The van der Waals surface area contributed by atoms with Gasteiger partial charge in [-0.15, -0.1) is 0 Å². The minimum atomic E-state index is -0.0400. The lowest BCUT2D eigenvalue weighted by Crippen LogP contribution is -2.37. The van der Waals surface area contributed by atoms with E-state index in [-0.39, 0.29) is 5.43 Å². The highest BCUT2D eigenvalue weighted by Gasteiger charge is 2.16. The Hall–Kier alpha value is -3.55. The van der Waals surface area contributed by atoms with E-state index in [0.29, 0.717) is 29.8 Å². The number of hydrogen-bond acceptors (Lipinski definition) is 6. The Morgan fingerprint density at radius 2 is 1.97 bits per heavy atom. The van der Waals surface area contributed by atoms with Crippen molar-refractivity contribution in [1.29, 1.82) is 0 Å². The van der Waals surface area contributed by atoms with Gasteiger partial charge in [0.2, 0.25) is 0 Å². The lowest BCUT2D eigenvalue weighted by molar-refractivity contribution is 0.122. The second kappa shape index (κ2) is 8.53. The summed E-state index contributed by atoms with van der Waals surface area (Å²) in [5.74, 6) is 7.20. The van der Waals surface area contributed by atoms with E-state index in [1.165, 1.54) is 5.56 Å². The summed E-state index contributed by atoms with van der Waals surface area (Å²) < 4.78 is 5.44. The highest BCUT2D eigenvalue weighted by molar-refractivity contribution is 5.91. The van der Waals surface area contributed by atoms with E-state index < -0.39 is 0 Å². The van der Waals surface area contributed by atoms with Crippen LogP contribution in [0.25, 0.3) is 22.7 Å². The topological polar surface area (TPSA) is 101 Å². The summed E-state index contributed by atoms with van der Waals surface area (Å²) in [5.41, 5.74) is 11.7. The number of aryl methyl sites for hydroxylation is 1. The average molecular weight is 430 g/mol. The molecule has 2 aromatic carbocycles. The summed E-state index contributed by atoms with van der Waals surface area (Å²) in [6.07, 6.45) is 8.03. The maximum atomic E-state index is 12.8. The Kier molecular flexibility index (Phi) is 5.43. The Bertz CT molecular complexity index is 1270. The zero-order valence-corrected chi connectivity index (χ0v) is 17.9. The van der Waals surface area contributed by atoms with Crippen LogP contribution in [-0.4, -0.2) is 31.3 Å². The Morgan fingerprint density at radius 3 is 2.81 bits per heavy atom. The van der Waals surface area contributed by atoms with E-state index in [4.69, 9.17) is 16.3 Å². The summed E-state index contributed by atoms with van der Waals surface area (Å²) >= 11 is 0. The molecular formula is C25H27N5O2. The van der Waals surface area contributed by atoms with Gasteiger partial charge >= 0.3 is 0 Å². The number of ether oxygens (including phenoxy) is 1. The van der Waals surface area contributed by atoms with Gasteiger partial charge < -0.3 is 20.4 Å². The van der Waals surface area contributed by atoms with E-state index in [0.717, 1.165) is 48.6 Å². The fourth-order valence-corrected chi connectivity index (χ4v) is 4.44. The number of benzene rings is 2. The third-order valence-electron chi connectivity index (χ3n) is 6.11. The number of aromatic amines is 1. The van der Waals surface area contributed by atoms with Gasteiger partial charge in [-0.3, -0.25) is 9.80 Å². The number of rotatable bonds is 4. The molecule has 2 aliphatic rings. The first-order chi connectivity index (χ1) is 15.6. The third kappa shape index (κ3) is 3.77. The molecule has 0 unspecified atom stereocenters. The summed E-state index contributed by atoms with van der Waals surface area (Å²) in [5, 5.41) is 2.16. The van der Waals surface area contributed by atoms with Gasteiger partial charge in [0.15, 0.2) is 5.43 Å². The minimum Gasteiger partial charge on any atom is -0.397 e. The number of nitrogens with one attached hydrogen (secondary N) is 1. The predicted molar refractivity (Wildman–Crippen MR) is 130 cm³/mol. The van der Waals surface area contributed by atoms with Crippen LogP contribution >= 0.6 is 0 Å². The number of fused-ring (bicyclic) bond motifs is 2. The lowest BCUT2D eigenvalue weighted by Gasteiger charge is -2.28. The number of hydrogen-bond donors (Lipinski definition) is 3. The monoisotopic (exact) mass is 429 g/mol. The van der Waals surface area contributed by atoms with Crippen LogP contribution in [0.5, 0.6) is 0 Å². The first-order valence-electron chi connectivity index (χ1n) is 10.9. The smallest absolute Gasteiger partial charge is 0.191 e. The van der Waals surface area contributed by atoms with Gasteiger partial charge in [0.25, 0.3) is 0 Å². The molecule has 32 heavy (non-hydrogen) atoms. The molecule has 1 aliphatic heterocycles. The molecule has 7 heteroatoms. The summed E-state index contributed by atoms with van der Waals surface area (Å²) in [6.45, 7) is 2.75. The van der Waals surface area contributed by atoms with Crippen molar-refractivity contribution in [2.24, 2.45) is 11.6 Å². The first-order valence-corrected chi connectivity index (χ1v) is 10.9. The summed E-state index contributed by atoms with van der Waals surface area (Å²) in [6, 6.07) is 13.3. The van der Waals surface area contributed by atoms with Crippen molar-refractivity contribution < 1.29 is 4.74 Å². The van der Waals surface area contributed by atoms with Gasteiger partial charge in [0.05, 0.1) is 30.1 Å². The van der Waals surface area contributed by atoms with Crippen molar-refractivity contribution in [2.45, 2.75) is 12.8 Å². The zero-order chi connectivity index (χ0) is 22.1. The van der Waals surface area contributed by atoms with Crippen molar-refractivity contribution in [1.82, 2.24) is 4.98 Å². The molecular weight excluding hydrogens is 402 g/mol. The maximum absolute atomic E-state index is 12.8. The fourth-order valence-electron chi connectivity index (χ4n) is 4.44. The largest absolute Gasteiger partial charge is 0.397 e. The molecule has 0 amide bonds. The molecule has 2 heterocycles. The van der Waals surface area contributed by atoms with Crippen molar-refractivity contribution in [3.63, 3.8) is 0 Å². The van der Waals surface area contributed by atoms with Crippen molar-refractivity contribution in [3.05, 3.63) is 81.7 Å². The van der Waals surface area contributed by atoms with Gasteiger partial charge in [-0.2, -0.15) is 0 Å². The van der Waals surface area contributed by atoms with Crippen LogP contribution < -0.4 is 26.9 Å². The van der Waals surface area contributed by atoms with E-state index in [1.54, 1.807) is 17.3 Å². The number of morpholine rings is 1. The van der Waals surface area contributed by atoms with Gasteiger partial charge in [-0.1, -0.05) is 36.4 Å². The maximum Gasteiger partial charge on any atom is 0.191 e. The highest BCUT2D eigenvalue weighted by atomic mass is 16.5. The van der Waals surface area contributed by atoms with E-state index in [9.17, 15) is 4.79 Å². The second-order valence-electron chi connectivity index (χ2n) is 8.13. The third-order valence-corrected chi connectivity index (χ3v) is 6.11. The quantitative estimate of drug-likeness (QED) is 0.436. The molecule has 0 radical (unpaired) electrons. The molecule has 1 fully saturated rings. The number of nitrogens with two attached hydrogens (primary N) is 2. The number of pyridine rings is 1. The number of H-pyrrole nitrogens is 1. The molecule has 1 saturated heterocycles. The molecule has 0 spiro atoms. The van der Waals surface area contributed by atoms with Crippen LogP contribution in [0.1, 0.15) is 23.1 Å². The zero-order valence-electron chi connectivity index (χ0n) is 17.9. The van der Waals surface area contributed by atoms with Gasteiger partial charge in [0, 0.05) is 41.9 Å². The Labute approximate surface area is 186 Å². The lowest BCUT2D eigenvalue weighted by atomic mass is 9.96. The molecule has 5 rings (SSSR count). The fraction of sp³-hybridized carbons (Fsp3) is 0.240. The number of para-hydroxylation sites is 1. The van der Waals surface area contributed by atoms with Gasteiger partial charge in [-0.25, -0.2) is 5.84 Å². The van der Waals surface area contributed by atoms with E-state index in [1.807, 2.05) is 30.3 Å². The minimum absolute atomic E-state index is 0.0400. The highest BCUT2D eigenvalue weighted by Crippen LogP contribution is 2.29. The van der Waals surface area contributed by atoms with Crippen molar-refractivity contribution in [3.8, 4) is 0 Å². The number of aromatic nitrogens is 1. The Balaban J connectivity index is 1.55. The van der Waals surface area contributed by atoms with Crippen molar-refractivity contribution >= 4 is 34.2 Å². The SMILES string of the molecule is N/C(=C\N(N)c1cccc2c1C=CCC2)c1cccc2c(=O)cc(N3CCOCC3)[nH]c12. The van der Waals surface area contributed by atoms with Crippen LogP contribution in [-0.2, 0) is 11.2 Å². The molecule has 7 nitrogen and oxygen atoms in total. The molecule has 1 aliphatic carbocycles. The van der Waals surface area contributed by atoms with E-state index in [2.05, 4.69) is 28.1 Å². The molecule has 0 atom stereocenters. The van der Waals surface area contributed by atoms with E-state index >= 15 is 0 Å².